The Labute approximate surface area is 114 Å². The predicted octanol–water partition coefficient (Wildman–Crippen LogP) is 3.55. The Hall–Kier alpha value is -1.32. The van der Waals surface area contributed by atoms with E-state index in [1.165, 1.54) is 5.56 Å². The summed E-state index contributed by atoms with van der Waals surface area (Å²) in [6, 6.07) is 6.13. The van der Waals surface area contributed by atoms with Gasteiger partial charge in [0.25, 0.3) is 0 Å². The van der Waals surface area contributed by atoms with Crippen molar-refractivity contribution in [2.45, 2.75) is 45.8 Å². The number of aryl methyl sites for hydroxylation is 1. The largest absolute Gasteiger partial charge is 0.463 e. The van der Waals surface area contributed by atoms with Gasteiger partial charge in [0.1, 0.15) is 0 Å². The van der Waals surface area contributed by atoms with Crippen LogP contribution in [-0.4, -0.2) is 11.7 Å². The summed E-state index contributed by atoms with van der Waals surface area (Å²) in [6.45, 7) is 6.78. The summed E-state index contributed by atoms with van der Waals surface area (Å²) in [7, 11) is 0. The van der Waals surface area contributed by atoms with E-state index in [-0.39, 0.29) is 0 Å². The highest BCUT2D eigenvalue weighted by Gasteiger charge is 2.29. The average molecular weight is 261 g/mol. The molecule has 1 unspecified atom stereocenters. The zero-order valence-electron chi connectivity index (χ0n) is 12.0. The molecule has 1 aromatic heterocycles. The van der Waals surface area contributed by atoms with Crippen molar-refractivity contribution in [1.82, 2.24) is 5.32 Å². The Bertz CT molecular complexity index is 543. The molecule has 19 heavy (non-hydrogen) atoms. The van der Waals surface area contributed by atoms with Crippen LogP contribution >= 0.6 is 0 Å². The SMILES string of the molecule is CCCCNC(C)(O)c1occ2cccc(CC)c12. The van der Waals surface area contributed by atoms with E-state index in [0.29, 0.717) is 5.76 Å². The molecular weight excluding hydrogens is 238 g/mol. The zero-order valence-corrected chi connectivity index (χ0v) is 12.0. The molecule has 0 saturated heterocycles. The first-order valence-corrected chi connectivity index (χ1v) is 7.07. The van der Waals surface area contributed by atoms with Crippen LogP contribution in [0, 0.1) is 0 Å². The van der Waals surface area contributed by atoms with Crippen LogP contribution in [0.15, 0.2) is 28.9 Å². The monoisotopic (exact) mass is 261 g/mol. The second kappa shape index (κ2) is 5.76. The molecule has 0 bridgehead atoms. The summed E-state index contributed by atoms with van der Waals surface area (Å²) >= 11 is 0. The molecule has 3 heteroatoms. The number of benzene rings is 1. The lowest BCUT2D eigenvalue weighted by atomic mass is 10.0. The minimum Gasteiger partial charge on any atom is -0.463 e. The van der Waals surface area contributed by atoms with Gasteiger partial charge in [-0.1, -0.05) is 38.5 Å². The topological polar surface area (TPSA) is 45.4 Å². The van der Waals surface area contributed by atoms with E-state index in [0.717, 1.165) is 36.6 Å². The second-order valence-electron chi connectivity index (χ2n) is 5.15. The lowest BCUT2D eigenvalue weighted by Gasteiger charge is -2.23. The number of unbranched alkanes of at least 4 members (excludes halogenated alkanes) is 1. The second-order valence-corrected chi connectivity index (χ2v) is 5.15. The number of furan rings is 1. The molecule has 0 spiro atoms. The molecule has 0 aliphatic heterocycles. The van der Waals surface area contributed by atoms with Crippen LogP contribution in [-0.2, 0) is 12.1 Å². The lowest BCUT2D eigenvalue weighted by Crippen LogP contribution is -2.39. The van der Waals surface area contributed by atoms with E-state index in [1.807, 2.05) is 12.1 Å². The molecule has 1 atom stereocenters. The van der Waals surface area contributed by atoms with Gasteiger partial charge in [-0.05, 0) is 31.9 Å². The van der Waals surface area contributed by atoms with Crippen LogP contribution in [0.2, 0.25) is 0 Å². The smallest absolute Gasteiger partial charge is 0.172 e. The minimum absolute atomic E-state index is 0.621. The highest BCUT2D eigenvalue weighted by atomic mass is 16.4. The molecule has 0 amide bonds. The number of rotatable bonds is 6. The highest BCUT2D eigenvalue weighted by Crippen LogP contribution is 2.31. The Morgan fingerprint density at radius 3 is 2.79 bits per heavy atom. The molecule has 0 aliphatic carbocycles. The Balaban J connectivity index is 2.38. The van der Waals surface area contributed by atoms with Crippen molar-refractivity contribution in [3.8, 4) is 0 Å². The quantitative estimate of drug-likeness (QED) is 0.617. The van der Waals surface area contributed by atoms with Crippen LogP contribution in [0.3, 0.4) is 0 Å². The molecule has 2 aromatic rings. The van der Waals surface area contributed by atoms with E-state index in [9.17, 15) is 5.11 Å². The summed E-state index contributed by atoms with van der Waals surface area (Å²) in [6.07, 6.45) is 4.78. The molecule has 2 N–H and O–H groups in total. The molecule has 104 valence electrons. The fourth-order valence-electron chi connectivity index (χ4n) is 2.42. The standard InChI is InChI=1S/C16H23NO2/c1-4-6-10-17-16(3,18)15-14-12(5-2)8-7-9-13(14)11-19-15/h7-9,11,17-18H,4-6,10H2,1-3H3. The van der Waals surface area contributed by atoms with Gasteiger partial charge in [0.15, 0.2) is 11.5 Å². The first kappa shape index (κ1) is 14.1. The Morgan fingerprint density at radius 2 is 2.11 bits per heavy atom. The highest BCUT2D eigenvalue weighted by molar-refractivity contribution is 5.88. The van der Waals surface area contributed by atoms with Gasteiger partial charge in [0.2, 0.25) is 0 Å². The van der Waals surface area contributed by atoms with Gasteiger partial charge >= 0.3 is 0 Å². The van der Waals surface area contributed by atoms with Crippen molar-refractivity contribution in [1.29, 1.82) is 0 Å². The summed E-state index contributed by atoms with van der Waals surface area (Å²) in [4.78, 5) is 0. The Morgan fingerprint density at radius 1 is 1.32 bits per heavy atom. The van der Waals surface area contributed by atoms with Gasteiger partial charge in [-0.15, -0.1) is 0 Å². The number of aliphatic hydroxyl groups is 1. The van der Waals surface area contributed by atoms with E-state index in [2.05, 4.69) is 25.2 Å². The lowest BCUT2D eigenvalue weighted by molar-refractivity contribution is 0.000702. The van der Waals surface area contributed by atoms with Crippen LogP contribution < -0.4 is 5.32 Å². The minimum atomic E-state index is -1.12. The summed E-state index contributed by atoms with van der Waals surface area (Å²) < 4.78 is 5.64. The van der Waals surface area contributed by atoms with Crippen molar-refractivity contribution in [2.75, 3.05) is 6.54 Å². The zero-order chi connectivity index (χ0) is 13.9. The third-order valence-electron chi connectivity index (χ3n) is 3.54. The van der Waals surface area contributed by atoms with Gasteiger partial charge in [0, 0.05) is 10.8 Å². The summed E-state index contributed by atoms with van der Waals surface area (Å²) in [5.74, 6) is 0.621. The van der Waals surface area contributed by atoms with E-state index in [4.69, 9.17) is 4.42 Å². The van der Waals surface area contributed by atoms with Crippen molar-refractivity contribution >= 4 is 10.8 Å². The summed E-state index contributed by atoms with van der Waals surface area (Å²) in [5, 5.41) is 15.9. The van der Waals surface area contributed by atoms with Crippen LogP contribution in [0.5, 0.6) is 0 Å². The van der Waals surface area contributed by atoms with Gasteiger partial charge < -0.3 is 9.52 Å². The fourth-order valence-corrected chi connectivity index (χ4v) is 2.42. The fraction of sp³-hybridized carbons (Fsp3) is 0.500. The van der Waals surface area contributed by atoms with Gasteiger partial charge in [-0.25, -0.2) is 0 Å². The molecule has 0 aliphatic rings. The summed E-state index contributed by atoms with van der Waals surface area (Å²) in [5.41, 5.74) is 0.0844. The van der Waals surface area contributed by atoms with Gasteiger partial charge in [-0.3, -0.25) is 5.32 Å². The molecule has 1 aromatic carbocycles. The number of nitrogens with one attached hydrogen (secondary N) is 1. The molecule has 1 heterocycles. The third-order valence-corrected chi connectivity index (χ3v) is 3.54. The molecule has 0 radical (unpaired) electrons. The first-order chi connectivity index (χ1) is 9.10. The number of hydrogen-bond acceptors (Lipinski definition) is 3. The molecule has 2 rings (SSSR count). The number of fused-ring (bicyclic) bond motifs is 1. The van der Waals surface area contributed by atoms with Crippen LogP contribution in [0.25, 0.3) is 10.8 Å². The van der Waals surface area contributed by atoms with Crippen molar-refractivity contribution in [2.24, 2.45) is 0 Å². The van der Waals surface area contributed by atoms with Crippen LogP contribution in [0.1, 0.15) is 44.9 Å². The average Bonchev–Trinajstić information content (AvgIpc) is 2.83. The maximum absolute atomic E-state index is 10.6. The Kier molecular flexibility index (Phi) is 4.27. The molecule has 0 fully saturated rings. The van der Waals surface area contributed by atoms with E-state index < -0.39 is 5.72 Å². The van der Waals surface area contributed by atoms with Crippen molar-refractivity contribution < 1.29 is 9.52 Å². The van der Waals surface area contributed by atoms with Crippen molar-refractivity contribution in [3.63, 3.8) is 0 Å². The third kappa shape index (κ3) is 2.82. The maximum Gasteiger partial charge on any atom is 0.172 e. The maximum atomic E-state index is 10.6. The van der Waals surface area contributed by atoms with Gasteiger partial charge in [-0.2, -0.15) is 0 Å². The van der Waals surface area contributed by atoms with E-state index in [1.54, 1.807) is 13.2 Å². The predicted molar refractivity (Wildman–Crippen MR) is 78.1 cm³/mol. The molecular formula is C16H23NO2. The molecule has 3 nitrogen and oxygen atoms in total. The van der Waals surface area contributed by atoms with E-state index >= 15 is 0 Å². The van der Waals surface area contributed by atoms with Crippen molar-refractivity contribution in [3.05, 3.63) is 35.8 Å². The number of hydrogen-bond donors (Lipinski definition) is 2. The van der Waals surface area contributed by atoms with Crippen LogP contribution in [0.4, 0.5) is 0 Å². The first-order valence-electron chi connectivity index (χ1n) is 7.07. The normalized spacial score (nSPS) is 14.7. The molecule has 0 saturated carbocycles. The van der Waals surface area contributed by atoms with Gasteiger partial charge in [0.05, 0.1) is 6.26 Å².